The first-order chi connectivity index (χ1) is 8.27. The van der Waals surface area contributed by atoms with E-state index in [0.717, 1.165) is 6.42 Å². The summed E-state index contributed by atoms with van der Waals surface area (Å²) in [5.41, 5.74) is 1.28. The molecule has 0 saturated heterocycles. The number of rotatable bonds is 0. The number of ketones is 2. The molecule has 2 nitrogen and oxygen atoms in total. The molecule has 84 valence electrons. The Morgan fingerprint density at radius 3 is 1.76 bits per heavy atom. The van der Waals surface area contributed by atoms with Crippen LogP contribution in [0, 0.1) is 23.7 Å². The van der Waals surface area contributed by atoms with Crippen LogP contribution in [0.25, 0.3) is 0 Å². The number of benzene rings is 1. The molecule has 1 aromatic carbocycles. The zero-order chi connectivity index (χ0) is 11.6. The Morgan fingerprint density at radius 2 is 1.29 bits per heavy atom. The van der Waals surface area contributed by atoms with Crippen molar-refractivity contribution in [1.29, 1.82) is 0 Å². The van der Waals surface area contributed by atoms with Crippen molar-refractivity contribution in [3.05, 3.63) is 47.5 Å². The summed E-state index contributed by atoms with van der Waals surface area (Å²) in [6, 6.07) is 7.27. The molecule has 0 unspecified atom stereocenters. The third-order valence-corrected chi connectivity index (χ3v) is 4.52. The molecule has 2 bridgehead atoms. The number of Topliss-reactive ketones (excluding diaryl/α,β-unsaturated/α-hetero) is 2. The van der Waals surface area contributed by atoms with Crippen LogP contribution in [0.5, 0.6) is 0 Å². The van der Waals surface area contributed by atoms with Gasteiger partial charge in [-0.25, -0.2) is 0 Å². The smallest absolute Gasteiger partial charge is 0.168 e. The molecular weight excluding hydrogens is 212 g/mol. The summed E-state index contributed by atoms with van der Waals surface area (Å²) in [6.07, 6.45) is 5.25. The fourth-order valence-corrected chi connectivity index (χ4v) is 3.81. The highest BCUT2D eigenvalue weighted by atomic mass is 16.1. The van der Waals surface area contributed by atoms with Gasteiger partial charge >= 0.3 is 0 Å². The molecule has 0 N–H and O–H groups in total. The van der Waals surface area contributed by atoms with Crippen LogP contribution in [0.2, 0.25) is 0 Å². The summed E-state index contributed by atoms with van der Waals surface area (Å²) in [5.74, 6) is 0.813. The standard InChI is InChI=1S/C15H12O2/c16-14-10-3-1-2-4-11(10)15(17)13-9-6-5-8(7-9)12(13)14/h1-6,8-9,12-13H,7H2/t8-,9+,12+,13-. The van der Waals surface area contributed by atoms with Crippen molar-refractivity contribution in [1.82, 2.24) is 0 Å². The Kier molecular flexibility index (Phi) is 1.62. The Bertz CT molecular complexity index is 521. The highest BCUT2D eigenvalue weighted by molar-refractivity contribution is 6.16. The SMILES string of the molecule is O=C1c2ccccc2C(=O)[C@H]2[C@@H]1[C@@H]1C=C[C@H]2C1. The summed E-state index contributed by atoms with van der Waals surface area (Å²) in [4.78, 5) is 24.9. The Morgan fingerprint density at radius 1 is 0.824 bits per heavy atom. The molecule has 0 radical (unpaired) electrons. The lowest BCUT2D eigenvalue weighted by molar-refractivity contribution is 0.0720. The monoisotopic (exact) mass is 224 g/mol. The van der Waals surface area contributed by atoms with Gasteiger partial charge in [0.1, 0.15) is 0 Å². The van der Waals surface area contributed by atoms with E-state index < -0.39 is 0 Å². The first kappa shape index (κ1) is 9.34. The van der Waals surface area contributed by atoms with Crippen LogP contribution in [-0.4, -0.2) is 11.6 Å². The molecule has 0 heterocycles. The lowest BCUT2D eigenvalue weighted by Crippen LogP contribution is -2.38. The average molecular weight is 224 g/mol. The van der Waals surface area contributed by atoms with E-state index in [1.807, 2.05) is 12.1 Å². The molecule has 0 aromatic heterocycles. The van der Waals surface area contributed by atoms with Crippen molar-refractivity contribution < 1.29 is 9.59 Å². The van der Waals surface area contributed by atoms with Gasteiger partial charge in [-0.15, -0.1) is 0 Å². The zero-order valence-electron chi connectivity index (χ0n) is 9.30. The number of fused-ring (bicyclic) bond motifs is 6. The maximum absolute atomic E-state index is 12.4. The van der Waals surface area contributed by atoms with Gasteiger partial charge in [-0.05, 0) is 18.3 Å². The molecule has 3 aliphatic carbocycles. The molecule has 17 heavy (non-hydrogen) atoms. The summed E-state index contributed by atoms with van der Waals surface area (Å²) in [5, 5.41) is 0. The second-order valence-electron chi connectivity index (χ2n) is 5.27. The van der Waals surface area contributed by atoms with Crippen LogP contribution < -0.4 is 0 Å². The van der Waals surface area contributed by atoms with E-state index in [-0.39, 0.29) is 23.4 Å². The average Bonchev–Trinajstić information content (AvgIpc) is 2.96. The van der Waals surface area contributed by atoms with Gasteiger partial charge in [-0.1, -0.05) is 36.4 Å². The molecule has 0 spiro atoms. The molecule has 4 rings (SSSR count). The van der Waals surface area contributed by atoms with Crippen LogP contribution >= 0.6 is 0 Å². The highest BCUT2D eigenvalue weighted by Crippen LogP contribution is 2.52. The number of carbonyl (C=O) groups excluding carboxylic acids is 2. The third kappa shape index (κ3) is 1.01. The normalized spacial score (nSPS) is 37.2. The fraction of sp³-hybridized carbons (Fsp3) is 0.333. The largest absolute Gasteiger partial charge is 0.294 e. The minimum absolute atomic E-state index is 0.0765. The van der Waals surface area contributed by atoms with E-state index in [2.05, 4.69) is 12.2 Å². The lowest BCUT2D eigenvalue weighted by atomic mass is 9.69. The first-order valence-electron chi connectivity index (χ1n) is 6.13. The van der Waals surface area contributed by atoms with Crippen molar-refractivity contribution in [2.75, 3.05) is 0 Å². The van der Waals surface area contributed by atoms with Gasteiger partial charge in [0.25, 0.3) is 0 Å². The van der Waals surface area contributed by atoms with E-state index >= 15 is 0 Å². The molecule has 3 aliphatic rings. The van der Waals surface area contributed by atoms with Crippen LogP contribution in [0.3, 0.4) is 0 Å². The van der Waals surface area contributed by atoms with E-state index in [1.54, 1.807) is 12.1 Å². The topological polar surface area (TPSA) is 34.1 Å². The molecule has 2 heteroatoms. The Balaban J connectivity index is 1.94. The Hall–Kier alpha value is -1.70. The highest BCUT2D eigenvalue weighted by Gasteiger charge is 2.54. The van der Waals surface area contributed by atoms with Gasteiger partial charge in [0.05, 0.1) is 0 Å². The molecular formula is C15H12O2. The van der Waals surface area contributed by atoms with Gasteiger partial charge in [0.2, 0.25) is 0 Å². The van der Waals surface area contributed by atoms with Gasteiger partial charge in [0, 0.05) is 23.0 Å². The van der Waals surface area contributed by atoms with Crippen molar-refractivity contribution in [3.8, 4) is 0 Å². The summed E-state index contributed by atoms with van der Waals surface area (Å²) in [7, 11) is 0. The quantitative estimate of drug-likeness (QED) is 0.634. The number of carbonyl (C=O) groups is 2. The van der Waals surface area contributed by atoms with E-state index in [1.165, 1.54) is 0 Å². The predicted molar refractivity (Wildman–Crippen MR) is 62.8 cm³/mol. The van der Waals surface area contributed by atoms with Crippen LogP contribution in [0.1, 0.15) is 27.1 Å². The zero-order valence-corrected chi connectivity index (χ0v) is 9.30. The third-order valence-electron chi connectivity index (χ3n) is 4.52. The van der Waals surface area contributed by atoms with Crippen molar-refractivity contribution in [2.45, 2.75) is 6.42 Å². The van der Waals surface area contributed by atoms with Gasteiger partial charge < -0.3 is 0 Å². The van der Waals surface area contributed by atoms with E-state index in [9.17, 15) is 9.59 Å². The molecule has 4 atom stereocenters. The summed E-state index contributed by atoms with van der Waals surface area (Å²) < 4.78 is 0. The van der Waals surface area contributed by atoms with Gasteiger partial charge in [0.15, 0.2) is 11.6 Å². The maximum atomic E-state index is 12.4. The number of allylic oxidation sites excluding steroid dienone is 2. The predicted octanol–water partition coefficient (Wildman–Crippen LogP) is 2.50. The summed E-state index contributed by atoms with van der Waals surface area (Å²) >= 11 is 0. The lowest BCUT2D eigenvalue weighted by Gasteiger charge is -2.31. The molecule has 1 aromatic rings. The second-order valence-corrected chi connectivity index (χ2v) is 5.27. The maximum Gasteiger partial charge on any atom is 0.168 e. The molecule has 1 saturated carbocycles. The minimum atomic E-state index is -0.0765. The molecule has 1 fully saturated rings. The molecule has 0 aliphatic heterocycles. The minimum Gasteiger partial charge on any atom is -0.294 e. The number of hydrogen-bond donors (Lipinski definition) is 0. The van der Waals surface area contributed by atoms with Crippen LogP contribution in [-0.2, 0) is 0 Å². The van der Waals surface area contributed by atoms with Gasteiger partial charge in [-0.2, -0.15) is 0 Å². The van der Waals surface area contributed by atoms with Crippen molar-refractivity contribution in [3.63, 3.8) is 0 Å². The first-order valence-corrected chi connectivity index (χ1v) is 6.13. The van der Waals surface area contributed by atoms with E-state index in [4.69, 9.17) is 0 Å². The van der Waals surface area contributed by atoms with Crippen LogP contribution in [0.15, 0.2) is 36.4 Å². The number of hydrogen-bond acceptors (Lipinski definition) is 2. The Labute approximate surface area is 99.3 Å². The van der Waals surface area contributed by atoms with Crippen LogP contribution in [0.4, 0.5) is 0 Å². The van der Waals surface area contributed by atoms with E-state index in [0.29, 0.717) is 23.0 Å². The van der Waals surface area contributed by atoms with Crippen molar-refractivity contribution >= 4 is 11.6 Å². The molecule has 0 amide bonds. The van der Waals surface area contributed by atoms with Crippen molar-refractivity contribution in [2.24, 2.45) is 23.7 Å². The van der Waals surface area contributed by atoms with Gasteiger partial charge in [-0.3, -0.25) is 9.59 Å². The fourth-order valence-electron chi connectivity index (χ4n) is 3.81. The summed E-state index contributed by atoms with van der Waals surface area (Å²) in [6.45, 7) is 0. The second kappa shape index (κ2) is 2.95.